The maximum atomic E-state index is 11.7. The molecular formula is C10H10N4O2. The monoisotopic (exact) mass is 218 g/mol. The van der Waals surface area contributed by atoms with Crippen molar-refractivity contribution in [3.8, 4) is 5.75 Å². The second kappa shape index (κ2) is 3.93. The molecule has 5 N–H and O–H groups in total. The molecule has 82 valence electrons. The minimum Gasteiger partial charge on any atom is -0.506 e. The van der Waals surface area contributed by atoms with E-state index < -0.39 is 0 Å². The van der Waals surface area contributed by atoms with Crippen LogP contribution in [0.2, 0.25) is 0 Å². The summed E-state index contributed by atoms with van der Waals surface area (Å²) in [6.45, 7) is 0. The van der Waals surface area contributed by atoms with E-state index in [0.717, 1.165) is 0 Å². The van der Waals surface area contributed by atoms with E-state index in [0.29, 0.717) is 11.5 Å². The molecule has 1 heterocycles. The zero-order valence-corrected chi connectivity index (χ0v) is 8.27. The van der Waals surface area contributed by atoms with Crippen LogP contribution >= 0.6 is 0 Å². The third kappa shape index (κ3) is 1.95. The van der Waals surface area contributed by atoms with Gasteiger partial charge in [-0.1, -0.05) is 0 Å². The molecule has 2 aromatic rings. The minimum absolute atomic E-state index is 0.118. The normalized spacial score (nSPS) is 10.0. The molecule has 6 heteroatoms. The molecule has 2 rings (SSSR count). The van der Waals surface area contributed by atoms with Crippen LogP contribution in [0.25, 0.3) is 0 Å². The van der Waals surface area contributed by atoms with Crippen LogP contribution in [-0.4, -0.2) is 21.0 Å². The quantitative estimate of drug-likeness (QED) is 0.445. The van der Waals surface area contributed by atoms with Crippen molar-refractivity contribution >= 4 is 17.5 Å². The first kappa shape index (κ1) is 10.0. The zero-order valence-electron chi connectivity index (χ0n) is 8.27. The number of H-pyrrole nitrogens is 1. The summed E-state index contributed by atoms with van der Waals surface area (Å²) in [4.78, 5) is 18.2. The van der Waals surface area contributed by atoms with Crippen molar-refractivity contribution in [2.45, 2.75) is 0 Å². The number of hydrogen-bond donors (Lipinski definition) is 4. The predicted octanol–water partition coefficient (Wildman–Crippen LogP) is 0.950. The summed E-state index contributed by atoms with van der Waals surface area (Å²) in [7, 11) is 0. The number of rotatable bonds is 2. The molecule has 1 amide bonds. The van der Waals surface area contributed by atoms with Crippen molar-refractivity contribution in [3.63, 3.8) is 0 Å². The van der Waals surface area contributed by atoms with Gasteiger partial charge in [0.05, 0.1) is 5.69 Å². The van der Waals surface area contributed by atoms with Crippen molar-refractivity contribution in [3.05, 3.63) is 36.2 Å². The third-order valence-corrected chi connectivity index (χ3v) is 2.02. The fraction of sp³-hybridized carbons (Fsp3) is 0. The van der Waals surface area contributed by atoms with Crippen LogP contribution in [0.3, 0.4) is 0 Å². The topological polar surface area (TPSA) is 104 Å². The summed E-state index contributed by atoms with van der Waals surface area (Å²) < 4.78 is 0. The van der Waals surface area contributed by atoms with Gasteiger partial charge in [0.25, 0.3) is 5.91 Å². The smallest absolute Gasteiger partial charge is 0.258 e. The Hall–Kier alpha value is -2.50. The molecule has 0 unspecified atom stereocenters. The molecule has 1 aromatic heterocycles. The highest BCUT2D eigenvalue weighted by Crippen LogP contribution is 2.20. The largest absolute Gasteiger partial charge is 0.506 e. The first-order chi connectivity index (χ1) is 7.66. The lowest BCUT2D eigenvalue weighted by atomic mass is 10.2. The van der Waals surface area contributed by atoms with E-state index in [-0.39, 0.29) is 17.3 Å². The molecule has 0 aliphatic carbocycles. The molecule has 0 radical (unpaired) electrons. The first-order valence-corrected chi connectivity index (χ1v) is 4.56. The molecule has 0 bridgehead atoms. The highest BCUT2D eigenvalue weighted by Gasteiger charge is 2.08. The van der Waals surface area contributed by atoms with E-state index in [1.807, 2.05) is 0 Å². The van der Waals surface area contributed by atoms with Crippen molar-refractivity contribution in [2.24, 2.45) is 0 Å². The Bertz CT molecular complexity index is 508. The van der Waals surface area contributed by atoms with Gasteiger partial charge in [-0.05, 0) is 18.2 Å². The number of carbonyl (C=O) groups excluding carboxylic acids is 1. The predicted molar refractivity (Wildman–Crippen MR) is 59.1 cm³/mol. The van der Waals surface area contributed by atoms with Crippen LogP contribution in [0.5, 0.6) is 5.75 Å². The van der Waals surface area contributed by atoms with E-state index in [1.54, 1.807) is 6.20 Å². The third-order valence-electron chi connectivity index (χ3n) is 2.02. The average Bonchev–Trinajstić information content (AvgIpc) is 2.74. The number of aromatic hydroxyl groups is 1. The summed E-state index contributed by atoms with van der Waals surface area (Å²) in [6.07, 6.45) is 3.12. The summed E-state index contributed by atoms with van der Waals surface area (Å²) in [5, 5.41) is 11.9. The molecule has 0 aliphatic rings. The standard InChI is InChI=1S/C10H10N4O2/c11-7-2-1-6(5-8(7)15)9(16)14-10-12-3-4-13-10/h1-5,15H,11H2,(H2,12,13,14,16). The van der Waals surface area contributed by atoms with E-state index in [2.05, 4.69) is 15.3 Å². The van der Waals surface area contributed by atoms with Crippen LogP contribution in [-0.2, 0) is 0 Å². The summed E-state index contributed by atoms with van der Waals surface area (Å²) >= 11 is 0. The second-order valence-electron chi connectivity index (χ2n) is 3.17. The number of phenolic OH excluding ortho intramolecular Hbond substituents is 1. The van der Waals surface area contributed by atoms with Gasteiger partial charge in [0, 0.05) is 18.0 Å². The zero-order chi connectivity index (χ0) is 11.5. The van der Waals surface area contributed by atoms with Crippen molar-refractivity contribution in [1.29, 1.82) is 0 Å². The lowest BCUT2D eigenvalue weighted by Gasteiger charge is -2.03. The minimum atomic E-state index is -0.370. The van der Waals surface area contributed by atoms with Gasteiger partial charge in [-0.15, -0.1) is 0 Å². The Balaban J connectivity index is 2.18. The van der Waals surface area contributed by atoms with E-state index >= 15 is 0 Å². The van der Waals surface area contributed by atoms with Gasteiger partial charge in [0.2, 0.25) is 5.95 Å². The molecule has 0 saturated heterocycles. The molecule has 0 fully saturated rings. The van der Waals surface area contributed by atoms with Crippen molar-refractivity contribution in [2.75, 3.05) is 11.1 Å². The van der Waals surface area contributed by atoms with Crippen LogP contribution in [0.15, 0.2) is 30.6 Å². The number of anilines is 2. The Morgan fingerprint density at radius 2 is 2.31 bits per heavy atom. The molecule has 0 saturated carbocycles. The first-order valence-electron chi connectivity index (χ1n) is 4.56. The van der Waals surface area contributed by atoms with Gasteiger partial charge in [-0.3, -0.25) is 10.1 Å². The number of benzene rings is 1. The Morgan fingerprint density at radius 1 is 1.50 bits per heavy atom. The lowest BCUT2D eigenvalue weighted by Crippen LogP contribution is -2.12. The van der Waals surface area contributed by atoms with Gasteiger partial charge in [-0.25, -0.2) is 4.98 Å². The van der Waals surface area contributed by atoms with Crippen LogP contribution in [0.1, 0.15) is 10.4 Å². The van der Waals surface area contributed by atoms with Gasteiger partial charge in [0.1, 0.15) is 5.75 Å². The number of carbonyl (C=O) groups is 1. The molecule has 0 spiro atoms. The van der Waals surface area contributed by atoms with Gasteiger partial charge in [-0.2, -0.15) is 0 Å². The fourth-order valence-corrected chi connectivity index (χ4v) is 1.20. The number of nitrogen functional groups attached to an aromatic ring is 1. The number of imidazole rings is 1. The Labute approximate surface area is 91.1 Å². The SMILES string of the molecule is Nc1ccc(C(=O)Nc2ncc[nH]2)cc1O. The molecule has 1 aromatic carbocycles. The number of amides is 1. The van der Waals surface area contributed by atoms with Crippen molar-refractivity contribution in [1.82, 2.24) is 9.97 Å². The molecule has 6 nitrogen and oxygen atoms in total. The number of hydrogen-bond acceptors (Lipinski definition) is 4. The number of aromatic amines is 1. The number of nitrogens with two attached hydrogens (primary N) is 1. The van der Waals surface area contributed by atoms with Crippen LogP contribution < -0.4 is 11.1 Å². The molecule has 16 heavy (non-hydrogen) atoms. The van der Waals surface area contributed by atoms with Gasteiger partial charge < -0.3 is 15.8 Å². The fourth-order valence-electron chi connectivity index (χ4n) is 1.20. The maximum Gasteiger partial charge on any atom is 0.258 e. The van der Waals surface area contributed by atoms with E-state index in [1.165, 1.54) is 24.4 Å². The average molecular weight is 218 g/mol. The number of phenols is 1. The summed E-state index contributed by atoms with van der Waals surface area (Å²) in [6, 6.07) is 4.29. The van der Waals surface area contributed by atoms with Crippen molar-refractivity contribution < 1.29 is 9.90 Å². The highest BCUT2D eigenvalue weighted by molar-refractivity contribution is 6.03. The van der Waals surface area contributed by atoms with E-state index in [9.17, 15) is 9.90 Å². The Kier molecular flexibility index (Phi) is 2.47. The maximum absolute atomic E-state index is 11.7. The Morgan fingerprint density at radius 3 is 2.94 bits per heavy atom. The molecule has 0 atom stereocenters. The highest BCUT2D eigenvalue weighted by atomic mass is 16.3. The number of aromatic nitrogens is 2. The summed E-state index contributed by atoms with van der Waals surface area (Å²) in [5.41, 5.74) is 5.96. The number of nitrogens with zero attached hydrogens (tertiary/aromatic N) is 1. The molecule has 0 aliphatic heterocycles. The van der Waals surface area contributed by atoms with Gasteiger partial charge in [0.15, 0.2) is 0 Å². The van der Waals surface area contributed by atoms with Gasteiger partial charge >= 0.3 is 0 Å². The number of nitrogens with one attached hydrogen (secondary N) is 2. The summed E-state index contributed by atoms with van der Waals surface area (Å²) in [5.74, 6) is -0.140. The molecular weight excluding hydrogens is 208 g/mol. The van der Waals surface area contributed by atoms with E-state index in [4.69, 9.17) is 5.73 Å². The van der Waals surface area contributed by atoms with Crippen LogP contribution in [0.4, 0.5) is 11.6 Å². The lowest BCUT2D eigenvalue weighted by molar-refractivity contribution is 0.102. The van der Waals surface area contributed by atoms with Crippen LogP contribution in [0, 0.1) is 0 Å². The second-order valence-corrected chi connectivity index (χ2v) is 3.17.